The van der Waals surface area contributed by atoms with Crippen LogP contribution in [0.1, 0.15) is 44.1 Å². The number of hydrogen-bond acceptors (Lipinski definition) is 4. The van der Waals surface area contributed by atoms with Crippen LogP contribution in [0.5, 0.6) is 5.75 Å². The quantitative estimate of drug-likeness (QED) is 0.308. The molecule has 0 amide bonds. The Labute approximate surface area is 198 Å². The van der Waals surface area contributed by atoms with Crippen molar-refractivity contribution in [3.63, 3.8) is 0 Å². The summed E-state index contributed by atoms with van der Waals surface area (Å²) < 4.78 is 11.7. The average Bonchev–Trinajstić information content (AvgIpc) is 3.43. The largest absolute Gasteiger partial charge is 0.493 e. The maximum Gasteiger partial charge on any atom is 0.191 e. The first kappa shape index (κ1) is 23.6. The molecule has 0 unspecified atom stereocenters. The monoisotopic (exact) mass is 528 g/mol. The first-order chi connectivity index (χ1) is 14.3. The van der Waals surface area contributed by atoms with Crippen LogP contribution in [0, 0.1) is 5.92 Å². The fourth-order valence-corrected chi connectivity index (χ4v) is 4.48. The van der Waals surface area contributed by atoms with Gasteiger partial charge < -0.3 is 20.1 Å². The Balaban J connectivity index is 0.00000256. The van der Waals surface area contributed by atoms with Crippen LogP contribution in [0.4, 0.5) is 0 Å². The lowest BCUT2D eigenvalue weighted by Crippen LogP contribution is -2.58. The highest BCUT2D eigenvalue weighted by atomic mass is 127. The van der Waals surface area contributed by atoms with Crippen molar-refractivity contribution in [1.82, 2.24) is 15.5 Å². The molecular weight excluding hydrogens is 491 g/mol. The van der Waals surface area contributed by atoms with Gasteiger partial charge in [-0.3, -0.25) is 9.89 Å². The Morgan fingerprint density at radius 3 is 2.60 bits per heavy atom. The first-order valence-electron chi connectivity index (χ1n) is 11.3. The Morgan fingerprint density at radius 1 is 1.17 bits per heavy atom. The van der Waals surface area contributed by atoms with Crippen LogP contribution >= 0.6 is 24.0 Å². The number of rotatable bonds is 8. The molecule has 0 spiro atoms. The molecule has 6 nitrogen and oxygen atoms in total. The number of halogens is 1. The van der Waals surface area contributed by atoms with E-state index in [1.165, 1.54) is 44.3 Å². The Kier molecular flexibility index (Phi) is 9.07. The molecule has 2 N–H and O–H groups in total. The molecule has 2 saturated heterocycles. The second-order valence-corrected chi connectivity index (χ2v) is 8.67. The average molecular weight is 528 g/mol. The zero-order valence-electron chi connectivity index (χ0n) is 18.2. The van der Waals surface area contributed by atoms with E-state index < -0.39 is 0 Å². The predicted molar refractivity (Wildman–Crippen MR) is 132 cm³/mol. The maximum atomic E-state index is 6.04. The summed E-state index contributed by atoms with van der Waals surface area (Å²) in [5.74, 6) is 2.60. The van der Waals surface area contributed by atoms with Crippen molar-refractivity contribution < 1.29 is 9.47 Å². The number of benzene rings is 1. The number of hydrogen-bond donors (Lipinski definition) is 2. The summed E-state index contributed by atoms with van der Waals surface area (Å²) in [5.41, 5.74) is 1.37. The van der Waals surface area contributed by atoms with E-state index in [9.17, 15) is 0 Å². The summed E-state index contributed by atoms with van der Waals surface area (Å²) in [6.07, 6.45) is 7.42. The smallest absolute Gasteiger partial charge is 0.191 e. The van der Waals surface area contributed by atoms with Gasteiger partial charge in [-0.05, 0) is 63.6 Å². The second-order valence-electron chi connectivity index (χ2n) is 8.67. The molecule has 1 aliphatic carbocycles. The van der Waals surface area contributed by atoms with Crippen molar-refractivity contribution in [1.29, 1.82) is 0 Å². The van der Waals surface area contributed by atoms with E-state index in [4.69, 9.17) is 9.47 Å². The number of nitrogens with zero attached hydrogens (tertiary/aromatic N) is 2. The molecule has 4 rings (SSSR count). The summed E-state index contributed by atoms with van der Waals surface area (Å²) in [6, 6.07) is 8.32. The molecule has 0 radical (unpaired) electrons. The van der Waals surface area contributed by atoms with E-state index in [2.05, 4.69) is 38.7 Å². The van der Waals surface area contributed by atoms with Gasteiger partial charge in [-0.25, -0.2) is 0 Å². The van der Waals surface area contributed by atoms with E-state index >= 15 is 0 Å². The molecule has 1 saturated carbocycles. The highest BCUT2D eigenvalue weighted by molar-refractivity contribution is 14.0. The van der Waals surface area contributed by atoms with Crippen LogP contribution in [-0.4, -0.2) is 62.9 Å². The van der Waals surface area contributed by atoms with Gasteiger partial charge >= 0.3 is 0 Å². The van der Waals surface area contributed by atoms with E-state index in [0.717, 1.165) is 56.8 Å². The van der Waals surface area contributed by atoms with Crippen molar-refractivity contribution >= 4 is 29.9 Å². The highest BCUT2D eigenvalue weighted by Gasteiger charge is 2.39. The Hall–Kier alpha value is -1.06. The fourth-order valence-electron chi connectivity index (χ4n) is 4.48. The summed E-state index contributed by atoms with van der Waals surface area (Å²) >= 11 is 0. The molecule has 30 heavy (non-hydrogen) atoms. The van der Waals surface area contributed by atoms with Gasteiger partial charge in [0.15, 0.2) is 5.96 Å². The summed E-state index contributed by atoms with van der Waals surface area (Å²) in [7, 11) is 1.84. The Bertz CT molecular complexity index is 684. The van der Waals surface area contributed by atoms with Crippen molar-refractivity contribution in [2.75, 3.05) is 46.5 Å². The third-order valence-electron chi connectivity index (χ3n) is 6.60. The molecule has 3 fully saturated rings. The van der Waals surface area contributed by atoms with E-state index in [-0.39, 0.29) is 29.5 Å². The molecule has 7 heteroatoms. The number of nitrogens with one attached hydrogen (secondary N) is 2. The predicted octanol–water partition coefficient (Wildman–Crippen LogP) is 3.40. The molecule has 0 aromatic heterocycles. The fraction of sp³-hybridized carbons (Fsp3) is 0.696. The normalized spacial score (nSPS) is 21.7. The number of guanidine groups is 1. The zero-order valence-corrected chi connectivity index (χ0v) is 20.5. The molecule has 0 bridgehead atoms. The van der Waals surface area contributed by atoms with Crippen molar-refractivity contribution in [3.05, 3.63) is 29.8 Å². The topological polar surface area (TPSA) is 58.1 Å². The summed E-state index contributed by atoms with van der Waals surface area (Å²) in [4.78, 5) is 7.14. The van der Waals surface area contributed by atoms with Gasteiger partial charge in [0.2, 0.25) is 0 Å². The first-order valence-corrected chi connectivity index (χ1v) is 11.3. The lowest BCUT2D eigenvalue weighted by Gasteiger charge is -2.45. The van der Waals surface area contributed by atoms with E-state index in [1.807, 2.05) is 13.1 Å². The number of aliphatic imine (C=N–C) groups is 1. The summed E-state index contributed by atoms with van der Waals surface area (Å²) in [6.45, 7) is 6.59. The standard InChI is InChI=1S/C23H36N4O2.HI/c1-24-22(25-16-20-6-2-3-7-21(20)29-17-19-8-9-19)26-18-23(10-14-28-15-11-23)27-12-4-5-13-27;/h2-3,6-7,19H,4-5,8-18H2,1H3,(H2,24,25,26);1H. The number of likely N-dealkylation sites (tertiary alicyclic amines) is 1. The van der Waals surface area contributed by atoms with Gasteiger partial charge in [0.05, 0.1) is 6.61 Å². The van der Waals surface area contributed by atoms with Gasteiger partial charge in [-0.1, -0.05) is 18.2 Å². The molecule has 168 valence electrons. The lowest BCUT2D eigenvalue weighted by atomic mass is 9.88. The van der Waals surface area contributed by atoms with Gasteiger partial charge in [0.1, 0.15) is 5.75 Å². The van der Waals surface area contributed by atoms with Crippen LogP contribution < -0.4 is 15.4 Å². The molecule has 0 atom stereocenters. The Morgan fingerprint density at radius 2 is 1.90 bits per heavy atom. The van der Waals surface area contributed by atoms with Crippen LogP contribution in [0.15, 0.2) is 29.3 Å². The molecule has 3 aliphatic rings. The molecule has 2 aliphatic heterocycles. The van der Waals surface area contributed by atoms with Crippen LogP contribution in [-0.2, 0) is 11.3 Å². The minimum absolute atomic E-state index is 0. The van der Waals surface area contributed by atoms with E-state index in [0.29, 0.717) is 6.54 Å². The zero-order chi connectivity index (χ0) is 19.9. The molecule has 1 aromatic rings. The van der Waals surface area contributed by atoms with Gasteiger partial charge in [-0.15, -0.1) is 24.0 Å². The molecular formula is C23H37IN4O2. The third kappa shape index (κ3) is 6.23. The van der Waals surface area contributed by atoms with Gasteiger partial charge in [0, 0.05) is 44.5 Å². The van der Waals surface area contributed by atoms with Crippen LogP contribution in [0.25, 0.3) is 0 Å². The third-order valence-corrected chi connectivity index (χ3v) is 6.60. The molecule has 2 heterocycles. The SMILES string of the molecule is CN=C(NCc1ccccc1OCC1CC1)NCC1(N2CCCC2)CCOCC1.I. The second kappa shape index (κ2) is 11.5. The van der Waals surface area contributed by atoms with Crippen LogP contribution in [0.3, 0.4) is 0 Å². The van der Waals surface area contributed by atoms with Crippen molar-refractivity contribution in [2.45, 2.75) is 50.6 Å². The minimum Gasteiger partial charge on any atom is -0.493 e. The number of ether oxygens (including phenoxy) is 2. The minimum atomic E-state index is 0. The van der Waals surface area contributed by atoms with Crippen molar-refractivity contribution in [3.8, 4) is 5.75 Å². The van der Waals surface area contributed by atoms with E-state index in [1.54, 1.807) is 0 Å². The van der Waals surface area contributed by atoms with Crippen molar-refractivity contribution in [2.24, 2.45) is 10.9 Å². The highest BCUT2D eigenvalue weighted by Crippen LogP contribution is 2.31. The molecule has 1 aromatic carbocycles. The van der Waals surface area contributed by atoms with Gasteiger partial charge in [0.25, 0.3) is 0 Å². The lowest BCUT2D eigenvalue weighted by molar-refractivity contribution is -0.0164. The summed E-state index contributed by atoms with van der Waals surface area (Å²) in [5, 5.41) is 7.09. The van der Waals surface area contributed by atoms with Gasteiger partial charge in [-0.2, -0.15) is 0 Å². The number of para-hydroxylation sites is 1. The van der Waals surface area contributed by atoms with Crippen LogP contribution in [0.2, 0.25) is 0 Å². The maximum absolute atomic E-state index is 6.04.